The van der Waals surface area contributed by atoms with Crippen LogP contribution in [0.15, 0.2) is 24.3 Å². The topological polar surface area (TPSA) is 78.7 Å². The van der Waals surface area contributed by atoms with Gasteiger partial charge >= 0.3 is 6.03 Å². The van der Waals surface area contributed by atoms with Crippen molar-refractivity contribution in [2.24, 2.45) is 5.73 Å². The zero-order valence-electron chi connectivity index (χ0n) is 13.7. The largest absolute Gasteiger partial charge is 0.332 e. The van der Waals surface area contributed by atoms with Crippen molar-refractivity contribution in [2.75, 3.05) is 6.54 Å². The van der Waals surface area contributed by atoms with E-state index < -0.39 is 6.04 Å². The lowest BCUT2D eigenvalue weighted by molar-refractivity contribution is -0.133. The van der Waals surface area contributed by atoms with Crippen LogP contribution < -0.4 is 11.1 Å². The summed E-state index contributed by atoms with van der Waals surface area (Å²) in [6, 6.07) is 7.32. The van der Waals surface area contributed by atoms with Gasteiger partial charge < -0.3 is 20.9 Å². The molecule has 0 unspecified atom stereocenters. The van der Waals surface area contributed by atoms with Gasteiger partial charge in [0.2, 0.25) is 5.91 Å². The van der Waals surface area contributed by atoms with Gasteiger partial charge in [0.1, 0.15) is 6.04 Å². The Morgan fingerprint density at radius 2 is 1.87 bits per heavy atom. The minimum atomic E-state index is -0.541. The molecular formula is C17H24N4O2. The van der Waals surface area contributed by atoms with E-state index in [1.165, 1.54) is 11.1 Å². The van der Waals surface area contributed by atoms with Gasteiger partial charge in [-0.3, -0.25) is 4.79 Å². The summed E-state index contributed by atoms with van der Waals surface area (Å²) in [6.45, 7) is 5.55. The lowest BCUT2D eigenvalue weighted by Crippen LogP contribution is -2.52. The molecule has 0 aromatic heterocycles. The highest BCUT2D eigenvalue weighted by atomic mass is 16.2. The lowest BCUT2D eigenvalue weighted by atomic mass is 10.1. The Hall–Kier alpha value is -2.08. The Balaban J connectivity index is 1.58. The van der Waals surface area contributed by atoms with E-state index >= 15 is 0 Å². The molecule has 2 aliphatic heterocycles. The summed E-state index contributed by atoms with van der Waals surface area (Å²) in [5, 5.41) is 2.82. The van der Waals surface area contributed by atoms with E-state index in [-0.39, 0.29) is 24.0 Å². The van der Waals surface area contributed by atoms with Crippen LogP contribution in [0.2, 0.25) is 0 Å². The smallest absolute Gasteiger partial charge is 0.318 e. The van der Waals surface area contributed by atoms with Gasteiger partial charge in [0.05, 0.1) is 0 Å². The minimum absolute atomic E-state index is 0.00773. The number of urea groups is 1. The maximum Gasteiger partial charge on any atom is 0.318 e. The van der Waals surface area contributed by atoms with E-state index in [1.54, 1.807) is 16.7 Å². The molecule has 6 nitrogen and oxygen atoms in total. The molecule has 0 radical (unpaired) electrons. The third kappa shape index (κ3) is 3.03. The van der Waals surface area contributed by atoms with Gasteiger partial charge in [-0.25, -0.2) is 4.79 Å². The fourth-order valence-electron chi connectivity index (χ4n) is 3.34. The Kier molecular flexibility index (Phi) is 4.26. The van der Waals surface area contributed by atoms with E-state index in [2.05, 4.69) is 5.32 Å². The number of hydrogen-bond acceptors (Lipinski definition) is 3. The Bertz CT molecular complexity index is 593. The second-order valence-corrected chi connectivity index (χ2v) is 6.52. The molecule has 3 amide bonds. The first-order valence-corrected chi connectivity index (χ1v) is 8.15. The highest BCUT2D eigenvalue weighted by Gasteiger charge is 2.33. The number of nitrogens with two attached hydrogens (primary N) is 1. The number of rotatable bonds is 2. The average molecular weight is 316 g/mol. The molecule has 0 aliphatic carbocycles. The molecule has 2 heterocycles. The molecule has 0 spiro atoms. The van der Waals surface area contributed by atoms with Gasteiger partial charge in [0.15, 0.2) is 0 Å². The number of carbonyl (C=O) groups excluding carboxylic acids is 2. The third-order valence-electron chi connectivity index (χ3n) is 4.94. The number of benzene rings is 1. The normalized spacial score (nSPS) is 24.5. The molecule has 124 valence electrons. The maximum atomic E-state index is 12.6. The van der Waals surface area contributed by atoms with Crippen LogP contribution in [0.3, 0.4) is 0 Å². The molecule has 3 N–H and O–H groups in total. The van der Waals surface area contributed by atoms with Gasteiger partial charge in [-0.1, -0.05) is 24.3 Å². The molecule has 1 aromatic rings. The quantitative estimate of drug-likeness (QED) is 0.856. The van der Waals surface area contributed by atoms with Crippen molar-refractivity contribution in [3.63, 3.8) is 0 Å². The zero-order valence-corrected chi connectivity index (χ0v) is 13.7. The summed E-state index contributed by atoms with van der Waals surface area (Å²) < 4.78 is 0. The molecule has 3 atom stereocenters. The van der Waals surface area contributed by atoms with E-state index in [4.69, 9.17) is 5.73 Å². The van der Waals surface area contributed by atoms with Crippen molar-refractivity contribution in [2.45, 2.75) is 51.5 Å². The highest BCUT2D eigenvalue weighted by Crippen LogP contribution is 2.23. The summed E-state index contributed by atoms with van der Waals surface area (Å²) in [5.74, 6) is -0.0503. The SMILES string of the molecule is C[C@@H](NC(=O)N1CC[C@H](N)[C@@H]1C)C(=O)N1Cc2ccccc2C1. The molecule has 1 fully saturated rings. The highest BCUT2D eigenvalue weighted by molar-refractivity contribution is 5.87. The van der Waals surface area contributed by atoms with Crippen LogP contribution in [0.25, 0.3) is 0 Å². The standard InChI is InChI=1S/C17H24N4O2/c1-11(19-17(23)21-8-7-15(18)12(21)2)16(22)20-9-13-5-3-4-6-14(13)10-20/h3-6,11-12,15H,7-10,18H2,1-2H3,(H,19,23)/t11-,12+,15+/m1/s1. The lowest BCUT2D eigenvalue weighted by Gasteiger charge is -2.27. The Morgan fingerprint density at radius 1 is 1.26 bits per heavy atom. The van der Waals surface area contributed by atoms with Gasteiger partial charge in [-0.15, -0.1) is 0 Å². The van der Waals surface area contributed by atoms with Crippen molar-refractivity contribution in [1.82, 2.24) is 15.1 Å². The van der Waals surface area contributed by atoms with Crippen molar-refractivity contribution in [1.29, 1.82) is 0 Å². The number of likely N-dealkylation sites (tertiary alicyclic amines) is 1. The van der Waals surface area contributed by atoms with Crippen LogP contribution in [0.5, 0.6) is 0 Å². The molecule has 0 bridgehead atoms. The van der Waals surface area contributed by atoms with Crippen molar-refractivity contribution in [3.05, 3.63) is 35.4 Å². The zero-order chi connectivity index (χ0) is 16.6. The van der Waals surface area contributed by atoms with Crippen LogP contribution >= 0.6 is 0 Å². The Labute approximate surface area is 136 Å². The number of hydrogen-bond donors (Lipinski definition) is 2. The van der Waals surface area contributed by atoms with Gasteiger partial charge in [0, 0.05) is 31.7 Å². The summed E-state index contributed by atoms with van der Waals surface area (Å²) >= 11 is 0. The van der Waals surface area contributed by atoms with Crippen LogP contribution in [0.4, 0.5) is 4.79 Å². The first kappa shape index (κ1) is 15.8. The molecule has 1 aromatic carbocycles. The Morgan fingerprint density at radius 3 is 2.39 bits per heavy atom. The molecule has 1 saturated heterocycles. The second kappa shape index (κ2) is 6.20. The summed E-state index contributed by atoms with van der Waals surface area (Å²) in [6.07, 6.45) is 0.804. The fourth-order valence-corrected chi connectivity index (χ4v) is 3.34. The number of fused-ring (bicyclic) bond motifs is 1. The summed E-state index contributed by atoms with van der Waals surface area (Å²) in [4.78, 5) is 28.4. The van der Waals surface area contributed by atoms with Gasteiger partial charge in [-0.2, -0.15) is 0 Å². The van der Waals surface area contributed by atoms with Gasteiger partial charge in [0.25, 0.3) is 0 Å². The molecular weight excluding hydrogens is 292 g/mol. The van der Waals surface area contributed by atoms with E-state index in [1.807, 2.05) is 31.2 Å². The van der Waals surface area contributed by atoms with Crippen LogP contribution in [-0.4, -0.2) is 46.4 Å². The molecule has 3 rings (SSSR count). The first-order valence-electron chi connectivity index (χ1n) is 8.15. The number of amides is 3. The third-order valence-corrected chi connectivity index (χ3v) is 4.94. The molecule has 0 saturated carbocycles. The molecule has 23 heavy (non-hydrogen) atoms. The number of nitrogens with zero attached hydrogens (tertiary/aromatic N) is 2. The number of nitrogens with one attached hydrogen (secondary N) is 1. The van der Waals surface area contributed by atoms with Crippen molar-refractivity contribution >= 4 is 11.9 Å². The van der Waals surface area contributed by atoms with E-state index in [0.29, 0.717) is 19.6 Å². The second-order valence-electron chi connectivity index (χ2n) is 6.52. The molecule has 6 heteroatoms. The van der Waals surface area contributed by atoms with Crippen LogP contribution in [0, 0.1) is 0 Å². The summed E-state index contributed by atoms with van der Waals surface area (Å²) in [5.41, 5.74) is 8.31. The first-order chi connectivity index (χ1) is 11.0. The van der Waals surface area contributed by atoms with Gasteiger partial charge in [-0.05, 0) is 31.4 Å². The summed E-state index contributed by atoms with van der Waals surface area (Å²) in [7, 11) is 0. The van der Waals surface area contributed by atoms with Crippen molar-refractivity contribution < 1.29 is 9.59 Å². The van der Waals surface area contributed by atoms with E-state index in [0.717, 1.165) is 6.42 Å². The average Bonchev–Trinajstić information content (AvgIpc) is 3.10. The van der Waals surface area contributed by atoms with Crippen molar-refractivity contribution in [3.8, 4) is 0 Å². The number of carbonyl (C=O) groups is 2. The maximum absolute atomic E-state index is 12.6. The fraction of sp³-hybridized carbons (Fsp3) is 0.529. The van der Waals surface area contributed by atoms with Crippen LogP contribution in [-0.2, 0) is 17.9 Å². The monoisotopic (exact) mass is 316 g/mol. The minimum Gasteiger partial charge on any atom is -0.332 e. The predicted octanol–water partition coefficient (Wildman–Crippen LogP) is 1.05. The molecule has 2 aliphatic rings. The van der Waals surface area contributed by atoms with E-state index in [9.17, 15) is 9.59 Å². The predicted molar refractivity (Wildman–Crippen MR) is 87.5 cm³/mol. The van der Waals surface area contributed by atoms with Crippen LogP contribution in [0.1, 0.15) is 31.4 Å².